The lowest BCUT2D eigenvalue weighted by Gasteiger charge is -2.11. The van der Waals surface area contributed by atoms with Gasteiger partial charge in [-0.05, 0) is 36.8 Å². The minimum atomic E-state index is -4.65. The van der Waals surface area contributed by atoms with Crippen LogP contribution in [0.25, 0.3) is 11.0 Å². The van der Waals surface area contributed by atoms with Crippen molar-refractivity contribution in [2.75, 3.05) is 5.32 Å². The van der Waals surface area contributed by atoms with Crippen molar-refractivity contribution in [3.05, 3.63) is 63.0 Å². The zero-order valence-corrected chi connectivity index (χ0v) is 15.3. The van der Waals surface area contributed by atoms with E-state index in [-0.39, 0.29) is 27.4 Å². The third kappa shape index (κ3) is 3.80. The molecular formula is C17H12ClNO7S. The zero-order valence-electron chi connectivity index (χ0n) is 13.7. The summed E-state index contributed by atoms with van der Waals surface area (Å²) in [7, 11) is -4.65. The lowest BCUT2D eigenvalue weighted by molar-refractivity contribution is 0.0997. The molecule has 0 fully saturated rings. The van der Waals surface area contributed by atoms with Gasteiger partial charge in [-0.15, -0.1) is 0 Å². The molecule has 0 saturated heterocycles. The van der Waals surface area contributed by atoms with Gasteiger partial charge in [0, 0.05) is 17.2 Å². The molecule has 3 aromatic rings. The van der Waals surface area contributed by atoms with Crippen LogP contribution in [-0.4, -0.2) is 24.0 Å². The maximum absolute atomic E-state index is 12.4. The molecule has 10 heteroatoms. The van der Waals surface area contributed by atoms with Crippen molar-refractivity contribution < 1.29 is 27.3 Å². The number of benzene rings is 2. The Labute approximate surface area is 157 Å². The molecule has 1 heterocycles. The number of carbonyl (C=O) groups excluding carboxylic acids is 1. The van der Waals surface area contributed by atoms with Gasteiger partial charge in [0.05, 0.1) is 11.1 Å². The Balaban J connectivity index is 2.07. The number of aromatic hydroxyl groups is 1. The SMILES string of the molecule is Cc1cc(S(=O)(=O)O)c(NC(=O)c2cc(=O)c3ccc(O)cc3o2)cc1Cl. The average Bonchev–Trinajstić information content (AvgIpc) is 2.56. The molecule has 27 heavy (non-hydrogen) atoms. The summed E-state index contributed by atoms with van der Waals surface area (Å²) in [5.41, 5.74) is -0.463. The summed E-state index contributed by atoms with van der Waals surface area (Å²) in [6.07, 6.45) is 0. The smallest absolute Gasteiger partial charge is 0.296 e. The van der Waals surface area contributed by atoms with E-state index in [1.54, 1.807) is 0 Å². The van der Waals surface area contributed by atoms with Crippen LogP contribution >= 0.6 is 11.6 Å². The average molecular weight is 410 g/mol. The number of nitrogens with one attached hydrogen (secondary N) is 1. The first-order valence-electron chi connectivity index (χ1n) is 7.42. The quantitative estimate of drug-likeness (QED) is 0.566. The summed E-state index contributed by atoms with van der Waals surface area (Å²) >= 11 is 5.96. The second-order valence-corrected chi connectivity index (χ2v) is 7.48. The van der Waals surface area contributed by atoms with Crippen LogP contribution in [0.2, 0.25) is 5.02 Å². The number of amides is 1. The Morgan fingerprint density at radius 1 is 1.19 bits per heavy atom. The summed E-state index contributed by atoms with van der Waals surface area (Å²) in [5, 5.41) is 12.1. The van der Waals surface area contributed by atoms with E-state index in [9.17, 15) is 27.7 Å². The van der Waals surface area contributed by atoms with E-state index in [0.717, 1.165) is 18.2 Å². The molecule has 0 aliphatic rings. The Morgan fingerprint density at radius 3 is 2.56 bits per heavy atom. The van der Waals surface area contributed by atoms with Crippen molar-refractivity contribution in [3.8, 4) is 5.75 Å². The molecule has 1 aromatic heterocycles. The number of anilines is 1. The molecule has 0 bridgehead atoms. The number of hydrogen-bond acceptors (Lipinski definition) is 6. The van der Waals surface area contributed by atoms with E-state index in [1.807, 2.05) is 0 Å². The van der Waals surface area contributed by atoms with Crippen molar-refractivity contribution in [2.24, 2.45) is 0 Å². The fourth-order valence-electron chi connectivity index (χ4n) is 2.41. The highest BCUT2D eigenvalue weighted by Crippen LogP contribution is 2.29. The lowest BCUT2D eigenvalue weighted by atomic mass is 10.2. The van der Waals surface area contributed by atoms with Crippen LogP contribution in [0.5, 0.6) is 5.75 Å². The molecular weight excluding hydrogens is 398 g/mol. The Bertz CT molecular complexity index is 1250. The maximum Gasteiger partial charge on any atom is 0.296 e. The predicted octanol–water partition coefficient (Wildman–Crippen LogP) is 2.96. The Kier molecular flexibility index (Phi) is 4.68. The molecule has 3 N–H and O–H groups in total. The predicted molar refractivity (Wildman–Crippen MR) is 98.1 cm³/mol. The van der Waals surface area contributed by atoms with Crippen LogP contribution in [0.4, 0.5) is 5.69 Å². The third-order valence-corrected chi connectivity index (χ3v) is 5.02. The standard InChI is InChI=1S/C17H12ClNO7S/c1-8-4-16(27(23,24)25)12(6-11(8)18)19-17(22)15-7-13(21)10-3-2-9(20)5-14(10)26-15/h2-7,20H,1H3,(H,19,22)(H,23,24,25). The van der Waals surface area contributed by atoms with Crippen LogP contribution in [0.1, 0.15) is 16.1 Å². The molecule has 0 aliphatic carbocycles. The van der Waals surface area contributed by atoms with Crippen LogP contribution in [0.3, 0.4) is 0 Å². The van der Waals surface area contributed by atoms with Gasteiger partial charge in [-0.2, -0.15) is 8.42 Å². The van der Waals surface area contributed by atoms with Gasteiger partial charge in [-0.3, -0.25) is 14.1 Å². The van der Waals surface area contributed by atoms with Gasteiger partial charge < -0.3 is 14.8 Å². The molecule has 0 radical (unpaired) electrons. The highest BCUT2D eigenvalue weighted by Gasteiger charge is 2.21. The minimum absolute atomic E-state index is 0.0235. The molecule has 0 unspecified atom stereocenters. The Morgan fingerprint density at radius 2 is 1.89 bits per heavy atom. The fraction of sp³-hybridized carbons (Fsp3) is 0.0588. The first kappa shape index (κ1) is 18.9. The largest absolute Gasteiger partial charge is 0.508 e. The molecule has 3 rings (SSSR count). The lowest BCUT2D eigenvalue weighted by Crippen LogP contribution is -2.17. The molecule has 0 atom stereocenters. The van der Waals surface area contributed by atoms with E-state index in [0.29, 0.717) is 5.56 Å². The molecule has 8 nitrogen and oxygen atoms in total. The summed E-state index contributed by atoms with van der Waals surface area (Å²) in [4.78, 5) is 24.0. The fourth-order valence-corrected chi connectivity index (χ4v) is 3.28. The van der Waals surface area contributed by atoms with Gasteiger partial charge in [-0.1, -0.05) is 11.6 Å². The summed E-state index contributed by atoms with van der Waals surface area (Å²) in [5.74, 6) is -1.53. The third-order valence-electron chi connectivity index (χ3n) is 3.72. The minimum Gasteiger partial charge on any atom is -0.508 e. The first-order valence-corrected chi connectivity index (χ1v) is 9.24. The number of rotatable bonds is 3. The molecule has 0 aliphatic heterocycles. The topological polar surface area (TPSA) is 134 Å². The second kappa shape index (κ2) is 6.69. The van der Waals surface area contributed by atoms with Gasteiger partial charge in [0.25, 0.3) is 16.0 Å². The maximum atomic E-state index is 12.4. The number of phenolic OH excluding ortho intramolecular Hbond substituents is 1. The molecule has 140 valence electrons. The molecule has 1 amide bonds. The monoisotopic (exact) mass is 409 g/mol. The van der Waals surface area contributed by atoms with Gasteiger partial charge in [0.15, 0.2) is 11.2 Å². The summed E-state index contributed by atoms with van der Waals surface area (Å²) in [6.45, 7) is 1.53. The van der Waals surface area contributed by atoms with Crippen molar-refractivity contribution in [1.82, 2.24) is 0 Å². The van der Waals surface area contributed by atoms with Crippen molar-refractivity contribution in [2.45, 2.75) is 11.8 Å². The molecule has 0 spiro atoms. The number of fused-ring (bicyclic) bond motifs is 1. The second-order valence-electron chi connectivity index (χ2n) is 5.68. The van der Waals surface area contributed by atoms with Gasteiger partial charge in [-0.25, -0.2) is 0 Å². The van der Waals surface area contributed by atoms with Gasteiger partial charge in [0.1, 0.15) is 16.2 Å². The normalized spacial score (nSPS) is 11.5. The van der Waals surface area contributed by atoms with Crippen LogP contribution in [0, 0.1) is 6.92 Å². The van der Waals surface area contributed by atoms with E-state index in [1.165, 1.54) is 25.1 Å². The highest BCUT2D eigenvalue weighted by molar-refractivity contribution is 7.86. The number of aryl methyl sites for hydroxylation is 1. The van der Waals surface area contributed by atoms with Crippen molar-refractivity contribution in [1.29, 1.82) is 0 Å². The van der Waals surface area contributed by atoms with E-state index < -0.39 is 32.1 Å². The summed E-state index contributed by atoms with van der Waals surface area (Å²) < 4.78 is 37.8. The van der Waals surface area contributed by atoms with E-state index >= 15 is 0 Å². The number of carbonyl (C=O) groups is 1. The number of hydrogen-bond donors (Lipinski definition) is 3. The van der Waals surface area contributed by atoms with Crippen LogP contribution in [0.15, 0.2) is 50.5 Å². The Hall–Kier alpha value is -2.88. The van der Waals surface area contributed by atoms with Gasteiger partial charge in [0.2, 0.25) is 0 Å². The summed E-state index contributed by atoms with van der Waals surface area (Å²) in [6, 6.07) is 6.99. The number of phenols is 1. The van der Waals surface area contributed by atoms with Crippen LogP contribution < -0.4 is 10.7 Å². The van der Waals surface area contributed by atoms with Crippen LogP contribution in [-0.2, 0) is 10.1 Å². The highest BCUT2D eigenvalue weighted by atomic mass is 35.5. The first-order chi connectivity index (χ1) is 12.6. The molecule has 0 saturated carbocycles. The van der Waals surface area contributed by atoms with Crippen molar-refractivity contribution in [3.63, 3.8) is 0 Å². The van der Waals surface area contributed by atoms with Crippen molar-refractivity contribution >= 4 is 44.3 Å². The van der Waals surface area contributed by atoms with E-state index in [4.69, 9.17) is 16.0 Å². The van der Waals surface area contributed by atoms with E-state index in [2.05, 4.69) is 5.32 Å². The van der Waals surface area contributed by atoms with Gasteiger partial charge >= 0.3 is 0 Å². The number of halogens is 1. The zero-order chi connectivity index (χ0) is 19.9. The molecule has 2 aromatic carbocycles.